The van der Waals surface area contributed by atoms with E-state index in [9.17, 15) is 4.79 Å². The third kappa shape index (κ3) is 3.24. The molecule has 1 atom stereocenters. The molecule has 2 rings (SSSR count). The average molecular weight is 259 g/mol. The number of methoxy groups -OCH3 is 1. The summed E-state index contributed by atoms with van der Waals surface area (Å²) in [5.41, 5.74) is 2.19. The fourth-order valence-corrected chi connectivity index (χ4v) is 3.02. The van der Waals surface area contributed by atoms with Gasteiger partial charge in [-0.2, -0.15) is 4.99 Å². The molecule has 0 saturated heterocycles. The average Bonchev–Trinajstić information content (AvgIpc) is 2.45. The van der Waals surface area contributed by atoms with Gasteiger partial charge in [0.25, 0.3) is 0 Å². The topological polar surface area (TPSA) is 38.7 Å². The van der Waals surface area contributed by atoms with Gasteiger partial charge in [0.1, 0.15) is 5.75 Å². The van der Waals surface area contributed by atoms with Gasteiger partial charge in [-0.1, -0.05) is 37.0 Å². The lowest BCUT2D eigenvalue weighted by Gasteiger charge is -2.28. The quantitative estimate of drug-likeness (QED) is 0.606. The zero-order valence-corrected chi connectivity index (χ0v) is 11.7. The zero-order chi connectivity index (χ0) is 13.7. The maximum Gasteiger partial charge on any atom is 0.235 e. The smallest absolute Gasteiger partial charge is 0.235 e. The van der Waals surface area contributed by atoms with Crippen LogP contribution in [-0.2, 0) is 4.79 Å². The van der Waals surface area contributed by atoms with Crippen LogP contribution in [0, 0.1) is 12.8 Å². The third-order valence-electron chi connectivity index (χ3n) is 3.99. The summed E-state index contributed by atoms with van der Waals surface area (Å²) in [6.07, 6.45) is 7.76. The number of nitrogens with zero attached hydrogens (tertiary/aromatic N) is 1. The van der Waals surface area contributed by atoms with Crippen LogP contribution in [0.15, 0.2) is 23.2 Å². The molecule has 0 radical (unpaired) electrons. The number of benzene rings is 1. The predicted octanol–water partition coefficient (Wildman–Crippen LogP) is 3.96. The second kappa shape index (κ2) is 6.53. The molecule has 1 saturated carbocycles. The van der Waals surface area contributed by atoms with Crippen molar-refractivity contribution in [2.24, 2.45) is 10.9 Å². The second-order valence-electron chi connectivity index (χ2n) is 5.31. The summed E-state index contributed by atoms with van der Waals surface area (Å²) in [6.45, 7) is 2.05. The molecule has 3 nitrogen and oxygen atoms in total. The number of carbonyl (C=O) groups excluding carboxylic acids is 1. The van der Waals surface area contributed by atoms with Crippen LogP contribution in [0.1, 0.15) is 49.3 Å². The van der Waals surface area contributed by atoms with Crippen molar-refractivity contribution in [1.82, 2.24) is 0 Å². The molecule has 1 unspecified atom stereocenters. The standard InChI is InChI=1S/C16H21NO2/c1-12-8-9-15(19-2)14(10-12)16(17-11-18)13-6-4-3-5-7-13/h8-10,13,16H,3-7H2,1-2H3. The molecule has 1 fully saturated rings. The van der Waals surface area contributed by atoms with Crippen LogP contribution in [0.4, 0.5) is 0 Å². The van der Waals surface area contributed by atoms with Gasteiger partial charge >= 0.3 is 0 Å². The van der Waals surface area contributed by atoms with Gasteiger partial charge in [-0.3, -0.25) is 0 Å². The van der Waals surface area contributed by atoms with Crippen molar-refractivity contribution in [3.05, 3.63) is 29.3 Å². The first-order valence-corrected chi connectivity index (χ1v) is 6.97. The summed E-state index contributed by atoms with van der Waals surface area (Å²) in [4.78, 5) is 14.9. The number of aryl methyl sites for hydroxylation is 1. The van der Waals surface area contributed by atoms with Crippen LogP contribution >= 0.6 is 0 Å². The van der Waals surface area contributed by atoms with Crippen molar-refractivity contribution in [3.63, 3.8) is 0 Å². The molecule has 0 N–H and O–H groups in total. The predicted molar refractivity (Wildman–Crippen MR) is 75.2 cm³/mol. The first kappa shape index (κ1) is 13.8. The van der Waals surface area contributed by atoms with E-state index in [-0.39, 0.29) is 6.04 Å². The van der Waals surface area contributed by atoms with Gasteiger partial charge in [0.15, 0.2) is 0 Å². The highest BCUT2D eigenvalue weighted by atomic mass is 16.5. The van der Waals surface area contributed by atoms with Crippen LogP contribution in [0.25, 0.3) is 0 Å². The highest BCUT2D eigenvalue weighted by Gasteiger charge is 2.27. The highest BCUT2D eigenvalue weighted by molar-refractivity contribution is 5.42. The SMILES string of the molecule is COc1ccc(C)cc1C(N=C=O)C1CCCCC1. The van der Waals surface area contributed by atoms with Gasteiger partial charge in [-0.05, 0) is 31.7 Å². The van der Waals surface area contributed by atoms with Crippen LogP contribution in [0.3, 0.4) is 0 Å². The lowest BCUT2D eigenvalue weighted by molar-refractivity contribution is 0.302. The van der Waals surface area contributed by atoms with E-state index in [1.54, 1.807) is 13.2 Å². The Bertz CT molecular complexity index is 472. The van der Waals surface area contributed by atoms with Gasteiger partial charge in [0, 0.05) is 5.56 Å². The fraction of sp³-hybridized carbons (Fsp3) is 0.562. The first-order chi connectivity index (χ1) is 9.26. The minimum absolute atomic E-state index is 0.104. The Kier molecular flexibility index (Phi) is 4.75. The molecule has 0 aliphatic heterocycles. The molecule has 1 aromatic carbocycles. The summed E-state index contributed by atoms with van der Waals surface area (Å²) in [5, 5.41) is 0. The minimum Gasteiger partial charge on any atom is -0.496 e. The molecular formula is C16H21NO2. The van der Waals surface area contributed by atoms with Gasteiger partial charge in [-0.25, -0.2) is 4.79 Å². The van der Waals surface area contributed by atoms with E-state index < -0.39 is 0 Å². The van der Waals surface area contributed by atoms with Gasteiger partial charge in [-0.15, -0.1) is 0 Å². The fourth-order valence-electron chi connectivity index (χ4n) is 3.02. The molecule has 102 valence electrons. The Balaban J connectivity index is 2.37. The molecule has 19 heavy (non-hydrogen) atoms. The maximum atomic E-state index is 10.8. The van der Waals surface area contributed by atoms with E-state index in [1.165, 1.54) is 19.3 Å². The highest BCUT2D eigenvalue weighted by Crippen LogP contribution is 2.40. The van der Waals surface area contributed by atoms with E-state index in [1.807, 2.05) is 19.1 Å². The number of aliphatic imine (C=N–C) groups is 1. The number of rotatable bonds is 4. The number of hydrogen-bond acceptors (Lipinski definition) is 3. The normalized spacial score (nSPS) is 17.6. The Morgan fingerprint density at radius 1 is 1.32 bits per heavy atom. The first-order valence-electron chi connectivity index (χ1n) is 6.97. The molecule has 0 amide bonds. The molecule has 0 heterocycles. The summed E-state index contributed by atoms with van der Waals surface area (Å²) in [5.74, 6) is 1.26. The van der Waals surface area contributed by atoms with Gasteiger partial charge < -0.3 is 4.74 Å². The summed E-state index contributed by atoms with van der Waals surface area (Å²) in [7, 11) is 1.66. The van der Waals surface area contributed by atoms with Crippen molar-refractivity contribution in [2.45, 2.75) is 45.1 Å². The lowest BCUT2D eigenvalue weighted by Crippen LogP contribution is -2.15. The molecule has 3 heteroatoms. The van der Waals surface area contributed by atoms with Crippen LogP contribution < -0.4 is 4.74 Å². The maximum absolute atomic E-state index is 10.8. The van der Waals surface area contributed by atoms with Gasteiger partial charge in [0.2, 0.25) is 6.08 Å². The monoisotopic (exact) mass is 259 g/mol. The van der Waals surface area contributed by atoms with Gasteiger partial charge in [0.05, 0.1) is 13.2 Å². The van der Waals surface area contributed by atoms with Crippen LogP contribution in [-0.4, -0.2) is 13.2 Å². The van der Waals surface area contributed by atoms with E-state index in [0.29, 0.717) is 5.92 Å². The van der Waals surface area contributed by atoms with E-state index in [4.69, 9.17) is 4.74 Å². The van der Waals surface area contributed by atoms with Crippen molar-refractivity contribution in [2.75, 3.05) is 7.11 Å². The van der Waals surface area contributed by atoms with Crippen molar-refractivity contribution < 1.29 is 9.53 Å². The molecular weight excluding hydrogens is 238 g/mol. The number of hydrogen-bond donors (Lipinski definition) is 0. The van der Waals surface area contributed by atoms with Crippen LogP contribution in [0.2, 0.25) is 0 Å². The molecule has 1 aliphatic rings. The second-order valence-corrected chi connectivity index (χ2v) is 5.31. The Hall–Kier alpha value is -1.60. The Morgan fingerprint density at radius 2 is 2.05 bits per heavy atom. The van der Waals surface area contributed by atoms with E-state index in [0.717, 1.165) is 29.7 Å². The van der Waals surface area contributed by atoms with Crippen LogP contribution in [0.5, 0.6) is 5.75 Å². The molecule has 1 aliphatic carbocycles. The Morgan fingerprint density at radius 3 is 2.68 bits per heavy atom. The minimum atomic E-state index is -0.104. The van der Waals surface area contributed by atoms with Crippen molar-refractivity contribution in [1.29, 1.82) is 0 Å². The number of ether oxygens (including phenoxy) is 1. The van der Waals surface area contributed by atoms with Crippen molar-refractivity contribution >= 4 is 6.08 Å². The largest absolute Gasteiger partial charge is 0.496 e. The lowest BCUT2D eigenvalue weighted by atomic mass is 9.81. The number of isocyanates is 1. The molecule has 0 aromatic heterocycles. The van der Waals surface area contributed by atoms with E-state index in [2.05, 4.69) is 11.1 Å². The molecule has 1 aromatic rings. The third-order valence-corrected chi connectivity index (χ3v) is 3.99. The summed E-state index contributed by atoms with van der Waals surface area (Å²) < 4.78 is 5.43. The summed E-state index contributed by atoms with van der Waals surface area (Å²) >= 11 is 0. The van der Waals surface area contributed by atoms with E-state index >= 15 is 0 Å². The molecule has 0 bridgehead atoms. The molecule has 0 spiro atoms. The van der Waals surface area contributed by atoms with Crippen molar-refractivity contribution in [3.8, 4) is 5.75 Å². The Labute approximate surface area is 114 Å². The zero-order valence-electron chi connectivity index (χ0n) is 11.7. The summed E-state index contributed by atoms with van der Waals surface area (Å²) in [6, 6.07) is 5.96.